The molecule has 1 aromatic carbocycles. The van der Waals surface area contributed by atoms with Gasteiger partial charge in [0.1, 0.15) is 22.9 Å². The van der Waals surface area contributed by atoms with Gasteiger partial charge in [0.15, 0.2) is 11.4 Å². The number of aromatic hydroxyl groups is 1. The maximum Gasteiger partial charge on any atom is 0.275 e. The van der Waals surface area contributed by atoms with Crippen molar-refractivity contribution in [3.8, 4) is 5.75 Å². The predicted octanol–water partition coefficient (Wildman–Crippen LogP) is 0.713. The van der Waals surface area contributed by atoms with Gasteiger partial charge in [-0.15, -0.1) is 0 Å². The normalized spacial score (nSPS) is 17.5. The van der Waals surface area contributed by atoms with E-state index < -0.39 is 51.5 Å². The van der Waals surface area contributed by atoms with Gasteiger partial charge in [-0.3, -0.25) is 19.7 Å². The molecule has 10 nitrogen and oxygen atoms in total. The lowest BCUT2D eigenvalue weighted by atomic mass is 10.1. The molecule has 0 spiro atoms. The first-order chi connectivity index (χ1) is 16.2. The van der Waals surface area contributed by atoms with Gasteiger partial charge >= 0.3 is 0 Å². The minimum absolute atomic E-state index is 0.00822. The van der Waals surface area contributed by atoms with Gasteiger partial charge in [0.05, 0.1) is 19.8 Å². The number of amides is 2. The summed E-state index contributed by atoms with van der Waals surface area (Å²) in [5, 5.41) is 15.9. The summed E-state index contributed by atoms with van der Waals surface area (Å²) in [6, 6.07) is 2.86. The fourth-order valence-electron chi connectivity index (χ4n) is 3.61. The third-order valence-electron chi connectivity index (χ3n) is 5.68. The van der Waals surface area contributed by atoms with Crippen LogP contribution in [0.4, 0.5) is 8.78 Å². The maximum atomic E-state index is 13.8. The first kappa shape index (κ1) is 25.3. The second-order valence-corrected chi connectivity index (χ2v) is 7.79. The summed E-state index contributed by atoms with van der Waals surface area (Å²) in [6.45, 7) is 1.13. The molecule has 1 aliphatic heterocycles. The predicted molar refractivity (Wildman–Crippen MR) is 116 cm³/mol. The molecule has 1 fully saturated rings. The lowest BCUT2D eigenvalue weighted by molar-refractivity contribution is 0.0356. The molecule has 1 aliphatic rings. The van der Waals surface area contributed by atoms with Crippen LogP contribution in [0.5, 0.6) is 5.75 Å². The summed E-state index contributed by atoms with van der Waals surface area (Å²) in [6.07, 6.45) is 1.47. The first-order valence-electron chi connectivity index (χ1n) is 10.5. The highest BCUT2D eigenvalue weighted by Gasteiger charge is 2.42. The largest absolute Gasteiger partial charge is 0.503 e. The number of hydrogen-bond acceptors (Lipinski definition) is 7. The van der Waals surface area contributed by atoms with Gasteiger partial charge < -0.3 is 29.8 Å². The van der Waals surface area contributed by atoms with Crippen molar-refractivity contribution in [2.75, 3.05) is 40.5 Å². The molecule has 3 rings (SSSR count). The van der Waals surface area contributed by atoms with Crippen LogP contribution in [-0.2, 0) is 16.0 Å². The molecule has 12 heteroatoms. The molecule has 1 aromatic heterocycles. The van der Waals surface area contributed by atoms with Crippen molar-refractivity contribution >= 4 is 11.8 Å². The Bertz CT molecular complexity index is 1120. The van der Waals surface area contributed by atoms with Crippen molar-refractivity contribution in [1.29, 1.82) is 0 Å². The number of nitrogens with zero attached hydrogens (tertiary/aromatic N) is 1. The molecule has 2 aromatic rings. The van der Waals surface area contributed by atoms with Crippen LogP contribution in [0.25, 0.3) is 0 Å². The Morgan fingerprint density at radius 1 is 1.35 bits per heavy atom. The molecule has 0 saturated carbocycles. The van der Waals surface area contributed by atoms with E-state index in [-0.39, 0.29) is 18.7 Å². The zero-order valence-corrected chi connectivity index (χ0v) is 18.7. The van der Waals surface area contributed by atoms with E-state index in [9.17, 15) is 28.3 Å². The number of carbonyl (C=O) groups excluding carboxylic acids is 2. The molecule has 2 heterocycles. The minimum atomic E-state index is -1.07. The number of pyridine rings is 1. The number of methoxy groups -OCH3 is 1. The number of aromatic amines is 1. The van der Waals surface area contributed by atoms with E-state index in [2.05, 4.69) is 15.6 Å². The van der Waals surface area contributed by atoms with Crippen molar-refractivity contribution in [1.82, 2.24) is 20.5 Å². The molecule has 4 N–H and O–H groups in total. The minimum Gasteiger partial charge on any atom is -0.503 e. The molecule has 0 radical (unpaired) electrons. The van der Waals surface area contributed by atoms with E-state index in [1.165, 1.54) is 11.9 Å². The standard InChI is InChI=1S/C22H26F2N4O6/c1-28(22(5-7-34-12-22)27-6-8-33-2)21(32)17-19(30)18(29)15(11-25-17)20(31)26-10-13-3-4-14(23)9-16(13)24/h3-4,9,11,27,30H,5-8,10,12H2,1-2H3,(H,25,29)(H,26,31). The summed E-state index contributed by atoms with van der Waals surface area (Å²) >= 11 is 0. The number of H-pyrrole nitrogens is 1. The second kappa shape index (κ2) is 10.7. The van der Waals surface area contributed by atoms with E-state index >= 15 is 0 Å². The number of halogens is 2. The van der Waals surface area contributed by atoms with E-state index in [0.717, 1.165) is 18.3 Å². The monoisotopic (exact) mass is 480 g/mol. The zero-order chi connectivity index (χ0) is 24.9. The molecule has 1 unspecified atom stereocenters. The van der Waals surface area contributed by atoms with Crippen LogP contribution in [-0.4, -0.2) is 73.0 Å². The Morgan fingerprint density at radius 3 is 2.76 bits per heavy atom. The molecular weight excluding hydrogens is 454 g/mol. The molecule has 1 saturated heterocycles. The van der Waals surface area contributed by atoms with Gasteiger partial charge in [0, 0.05) is 51.5 Å². The Hall–Kier alpha value is -3.35. The van der Waals surface area contributed by atoms with Crippen LogP contribution < -0.4 is 16.1 Å². The molecule has 0 bridgehead atoms. The quantitative estimate of drug-likeness (QED) is 0.307. The molecule has 34 heavy (non-hydrogen) atoms. The number of carbonyl (C=O) groups is 2. The number of ether oxygens (including phenoxy) is 2. The summed E-state index contributed by atoms with van der Waals surface area (Å²) < 4.78 is 37.3. The zero-order valence-electron chi connectivity index (χ0n) is 18.7. The van der Waals surface area contributed by atoms with E-state index in [4.69, 9.17) is 9.47 Å². The van der Waals surface area contributed by atoms with E-state index in [0.29, 0.717) is 32.2 Å². The van der Waals surface area contributed by atoms with E-state index in [1.807, 2.05) is 0 Å². The van der Waals surface area contributed by atoms with Gasteiger partial charge in [-0.1, -0.05) is 6.07 Å². The molecule has 1 atom stereocenters. The van der Waals surface area contributed by atoms with Crippen molar-refractivity contribution in [2.24, 2.45) is 0 Å². The average molecular weight is 480 g/mol. The smallest absolute Gasteiger partial charge is 0.275 e. The highest BCUT2D eigenvalue weighted by atomic mass is 19.1. The first-order valence-corrected chi connectivity index (χ1v) is 10.5. The summed E-state index contributed by atoms with van der Waals surface area (Å²) in [7, 11) is 3.05. The average Bonchev–Trinajstić information content (AvgIpc) is 3.29. The highest BCUT2D eigenvalue weighted by molar-refractivity contribution is 5.98. The van der Waals surface area contributed by atoms with Crippen LogP contribution in [0, 0.1) is 11.6 Å². The fraction of sp³-hybridized carbons (Fsp3) is 0.409. The number of hydrogen-bond donors (Lipinski definition) is 4. The van der Waals surface area contributed by atoms with Crippen LogP contribution in [0.15, 0.2) is 29.2 Å². The summed E-state index contributed by atoms with van der Waals surface area (Å²) in [4.78, 5) is 42.0. The third-order valence-corrected chi connectivity index (χ3v) is 5.68. The molecular formula is C22H26F2N4O6. The van der Waals surface area contributed by atoms with Gasteiger partial charge in [-0.25, -0.2) is 8.78 Å². The maximum absolute atomic E-state index is 13.8. The van der Waals surface area contributed by atoms with Crippen molar-refractivity contribution in [2.45, 2.75) is 18.6 Å². The van der Waals surface area contributed by atoms with Crippen molar-refractivity contribution in [3.63, 3.8) is 0 Å². The van der Waals surface area contributed by atoms with Gasteiger partial charge in [-0.2, -0.15) is 0 Å². The van der Waals surface area contributed by atoms with Gasteiger partial charge in [-0.05, 0) is 6.07 Å². The van der Waals surface area contributed by atoms with E-state index in [1.54, 1.807) is 7.11 Å². The second-order valence-electron chi connectivity index (χ2n) is 7.79. The lowest BCUT2D eigenvalue weighted by Gasteiger charge is -2.38. The number of benzene rings is 1. The van der Waals surface area contributed by atoms with Crippen molar-refractivity contribution in [3.05, 3.63) is 63.1 Å². The number of aromatic nitrogens is 1. The van der Waals surface area contributed by atoms with Crippen molar-refractivity contribution < 1.29 is 33.0 Å². The van der Waals surface area contributed by atoms with Gasteiger partial charge in [0.2, 0.25) is 5.43 Å². The SMILES string of the molecule is COCCNC1(N(C)C(=O)c2[nH]cc(C(=O)NCc3ccc(F)cc3F)c(=O)c2O)CCOC1. The Balaban J connectivity index is 1.76. The number of rotatable bonds is 9. The van der Waals surface area contributed by atoms with Crippen LogP contribution >= 0.6 is 0 Å². The molecule has 0 aliphatic carbocycles. The Kier molecular flexibility index (Phi) is 7.97. The van der Waals surface area contributed by atoms with Crippen LogP contribution in [0.3, 0.4) is 0 Å². The molecule has 184 valence electrons. The lowest BCUT2D eigenvalue weighted by Crippen LogP contribution is -2.60. The van der Waals surface area contributed by atoms with Gasteiger partial charge in [0.25, 0.3) is 11.8 Å². The topological polar surface area (TPSA) is 133 Å². The number of nitrogens with one attached hydrogen (secondary N) is 3. The fourth-order valence-corrected chi connectivity index (χ4v) is 3.61. The number of likely N-dealkylation sites (N-methyl/N-ethyl adjacent to an activating group) is 1. The van der Waals surface area contributed by atoms with Crippen LogP contribution in [0.2, 0.25) is 0 Å². The summed E-state index contributed by atoms with van der Waals surface area (Å²) in [5.74, 6) is -4.15. The van der Waals surface area contributed by atoms with Crippen LogP contribution in [0.1, 0.15) is 32.8 Å². The summed E-state index contributed by atoms with van der Waals surface area (Å²) in [5.41, 5.74) is -2.80. The Labute approximate surface area is 193 Å². The highest BCUT2D eigenvalue weighted by Crippen LogP contribution is 2.25. The Morgan fingerprint density at radius 2 is 2.12 bits per heavy atom. The third kappa shape index (κ3) is 5.24. The molecule has 2 amide bonds.